The van der Waals surface area contributed by atoms with Crippen LogP contribution in [0.2, 0.25) is 5.02 Å². The molecule has 0 radical (unpaired) electrons. The first-order valence-electron chi connectivity index (χ1n) is 15.3. The lowest BCUT2D eigenvalue weighted by molar-refractivity contribution is -0.168. The second-order valence-corrected chi connectivity index (χ2v) is 12.5. The number of carbonyl (C=O) groups excluding carboxylic acids is 1. The van der Waals surface area contributed by atoms with Gasteiger partial charge in [0.1, 0.15) is 11.6 Å². The number of esters is 1. The van der Waals surface area contributed by atoms with E-state index in [0.717, 1.165) is 42.8 Å². The zero-order chi connectivity index (χ0) is 30.9. The van der Waals surface area contributed by atoms with E-state index < -0.39 is 11.0 Å². The highest BCUT2D eigenvalue weighted by atomic mass is 35.5. The van der Waals surface area contributed by atoms with Crippen molar-refractivity contribution in [1.82, 2.24) is 15.3 Å². The first-order chi connectivity index (χ1) is 20.6. The van der Waals surface area contributed by atoms with E-state index in [1.807, 2.05) is 24.3 Å². The monoisotopic (exact) mass is 612 g/mol. The highest BCUT2D eigenvalue weighted by Crippen LogP contribution is 2.32. The van der Waals surface area contributed by atoms with E-state index in [1.54, 1.807) is 27.0 Å². The Morgan fingerprint density at radius 1 is 1.21 bits per heavy atom. The summed E-state index contributed by atoms with van der Waals surface area (Å²) in [6.45, 7) is 9.86. The molecule has 43 heavy (non-hydrogen) atoms. The van der Waals surface area contributed by atoms with Crippen molar-refractivity contribution in [3.05, 3.63) is 35.5 Å². The number of carbonyl (C=O) groups is 1. The van der Waals surface area contributed by atoms with Crippen LogP contribution in [0.1, 0.15) is 66.2 Å². The molecule has 3 N–H and O–H groups in total. The third-order valence-electron chi connectivity index (χ3n) is 8.24. The molecule has 2 aromatic rings. The first-order valence-corrected chi connectivity index (χ1v) is 15.7. The van der Waals surface area contributed by atoms with Crippen LogP contribution in [-0.2, 0) is 19.0 Å². The fraction of sp³-hybridized carbons (Fsp3) is 0.625. The minimum absolute atomic E-state index is 0.114. The van der Waals surface area contributed by atoms with E-state index >= 15 is 0 Å². The average molecular weight is 613 g/mol. The number of nitrogens with zero attached hydrogens (tertiary/aromatic N) is 3. The van der Waals surface area contributed by atoms with Gasteiger partial charge in [-0.3, -0.25) is 0 Å². The molecule has 3 heterocycles. The van der Waals surface area contributed by atoms with Crippen LogP contribution in [0.15, 0.2) is 30.5 Å². The maximum Gasteiger partial charge on any atom is 0.337 e. The number of ether oxygens (including phenoxy) is 3. The van der Waals surface area contributed by atoms with Gasteiger partial charge in [0.2, 0.25) is 0 Å². The topological polar surface area (TPSA) is 130 Å². The lowest BCUT2D eigenvalue weighted by Crippen LogP contribution is -2.45. The number of nitriles is 1. The molecule has 0 bridgehead atoms. The van der Waals surface area contributed by atoms with Crippen molar-refractivity contribution in [2.24, 2.45) is 5.41 Å². The molecule has 2 aromatic heterocycles. The maximum absolute atomic E-state index is 12.1. The summed E-state index contributed by atoms with van der Waals surface area (Å²) in [5.74, 6) is 1.13. The second-order valence-electron chi connectivity index (χ2n) is 12.1. The Kier molecular flexibility index (Phi) is 11.6. The first kappa shape index (κ1) is 32.9. The molecule has 0 unspecified atom stereocenters. The van der Waals surface area contributed by atoms with Crippen LogP contribution in [0.25, 0.3) is 11.3 Å². The van der Waals surface area contributed by atoms with Crippen LogP contribution in [0.4, 0.5) is 11.6 Å². The fourth-order valence-corrected chi connectivity index (χ4v) is 5.71. The normalized spacial score (nSPS) is 20.9. The van der Waals surface area contributed by atoms with Gasteiger partial charge in [-0.15, -0.1) is 0 Å². The van der Waals surface area contributed by atoms with Crippen molar-refractivity contribution in [1.29, 1.82) is 5.26 Å². The summed E-state index contributed by atoms with van der Waals surface area (Å²) >= 11 is 6.57. The summed E-state index contributed by atoms with van der Waals surface area (Å²) in [6.07, 6.45) is 7.14. The van der Waals surface area contributed by atoms with Gasteiger partial charge < -0.3 is 30.2 Å². The maximum atomic E-state index is 12.1. The molecule has 0 spiro atoms. The van der Waals surface area contributed by atoms with Gasteiger partial charge in [-0.05, 0) is 84.4 Å². The van der Waals surface area contributed by atoms with Gasteiger partial charge in [-0.2, -0.15) is 5.26 Å². The summed E-state index contributed by atoms with van der Waals surface area (Å²) in [7, 11) is 0. The van der Waals surface area contributed by atoms with Crippen LogP contribution in [0, 0.1) is 16.7 Å². The van der Waals surface area contributed by atoms with Crippen LogP contribution in [0.3, 0.4) is 0 Å². The molecule has 1 atom stereocenters. The van der Waals surface area contributed by atoms with Crippen LogP contribution in [-0.4, -0.2) is 72.6 Å². The van der Waals surface area contributed by atoms with Gasteiger partial charge in [-0.25, -0.2) is 14.8 Å². The van der Waals surface area contributed by atoms with Gasteiger partial charge in [-0.1, -0.05) is 17.7 Å². The fourth-order valence-electron chi connectivity index (χ4n) is 5.51. The minimum atomic E-state index is -0.962. The summed E-state index contributed by atoms with van der Waals surface area (Å²) in [5, 5.41) is 20.9. The summed E-state index contributed by atoms with van der Waals surface area (Å²) in [4.78, 5) is 21.4. The standard InChI is InChI=1S/C32H45ClN6O4/c1-5-42-30(40)31(3,4)43-19-22(2)37-23-9-11-24(12-10-23)38-29-17-25(26(33)18-35-29)27-7-6-8-28(39-27)36-21-32(20-34)13-15-41-16-14-32/h6-8,17-18,22-24,37H,5,9-16,19,21H2,1-4H3,(H,35,38)(H,36,39)/t22-,23?,24?/m1/s1. The number of rotatable bonds is 13. The minimum Gasteiger partial charge on any atom is -0.464 e. The number of anilines is 2. The van der Waals surface area contributed by atoms with E-state index in [-0.39, 0.29) is 12.0 Å². The van der Waals surface area contributed by atoms with E-state index in [0.29, 0.717) is 68.7 Å². The lowest BCUT2D eigenvalue weighted by Gasteiger charge is -2.33. The Labute approximate surface area is 260 Å². The molecule has 11 heteroatoms. The Hall–Kier alpha value is -2.97. The molecular formula is C32H45ClN6O4. The molecule has 0 aromatic carbocycles. The second kappa shape index (κ2) is 15.2. The molecule has 4 rings (SSSR count). The SMILES string of the molecule is CCOC(=O)C(C)(C)OC[C@@H](C)NC1CCC(Nc2cc(-c3cccc(NCC4(C#N)CCOCC4)n3)c(Cl)cn2)CC1. The number of nitrogens with one attached hydrogen (secondary N) is 3. The molecule has 234 valence electrons. The molecule has 2 fully saturated rings. The van der Waals surface area contributed by atoms with E-state index in [9.17, 15) is 10.1 Å². The van der Waals surface area contributed by atoms with Crippen LogP contribution >= 0.6 is 11.6 Å². The van der Waals surface area contributed by atoms with Gasteiger partial charge in [0.25, 0.3) is 0 Å². The van der Waals surface area contributed by atoms with Crippen molar-refractivity contribution in [2.45, 2.75) is 89.9 Å². The molecule has 1 saturated heterocycles. The number of aromatic nitrogens is 2. The molecule has 1 aliphatic heterocycles. The zero-order valence-corrected chi connectivity index (χ0v) is 26.5. The molecule has 1 saturated carbocycles. The van der Waals surface area contributed by atoms with Gasteiger partial charge in [0.15, 0.2) is 5.60 Å². The van der Waals surface area contributed by atoms with Gasteiger partial charge in [0, 0.05) is 49.6 Å². The van der Waals surface area contributed by atoms with E-state index in [1.165, 1.54) is 0 Å². The van der Waals surface area contributed by atoms with Crippen LogP contribution < -0.4 is 16.0 Å². The predicted molar refractivity (Wildman–Crippen MR) is 168 cm³/mol. The Bertz CT molecular complexity index is 1250. The number of hydrogen-bond donors (Lipinski definition) is 3. The highest BCUT2D eigenvalue weighted by Gasteiger charge is 2.33. The third-order valence-corrected chi connectivity index (χ3v) is 8.54. The zero-order valence-electron chi connectivity index (χ0n) is 25.7. The smallest absolute Gasteiger partial charge is 0.337 e. The van der Waals surface area contributed by atoms with Crippen molar-refractivity contribution in [3.63, 3.8) is 0 Å². The molecule has 0 amide bonds. The van der Waals surface area contributed by atoms with E-state index in [4.69, 9.17) is 30.8 Å². The summed E-state index contributed by atoms with van der Waals surface area (Å²) < 4.78 is 16.4. The van der Waals surface area contributed by atoms with Gasteiger partial charge in [0.05, 0.1) is 35.4 Å². The quantitative estimate of drug-likeness (QED) is 0.246. The summed E-state index contributed by atoms with van der Waals surface area (Å²) in [5.41, 5.74) is 0.145. The third kappa shape index (κ3) is 9.26. The van der Waals surface area contributed by atoms with Crippen molar-refractivity contribution < 1.29 is 19.0 Å². The number of hydrogen-bond acceptors (Lipinski definition) is 10. The van der Waals surface area contributed by atoms with E-state index in [2.05, 4.69) is 33.9 Å². The average Bonchev–Trinajstić information content (AvgIpc) is 3.02. The van der Waals surface area contributed by atoms with Crippen LogP contribution in [0.5, 0.6) is 0 Å². The largest absolute Gasteiger partial charge is 0.464 e. The van der Waals surface area contributed by atoms with Crippen molar-refractivity contribution in [2.75, 3.05) is 43.6 Å². The molecule has 10 nitrogen and oxygen atoms in total. The molecule has 1 aliphatic carbocycles. The van der Waals surface area contributed by atoms with Crippen molar-refractivity contribution in [3.8, 4) is 17.3 Å². The Morgan fingerprint density at radius 2 is 1.93 bits per heavy atom. The Morgan fingerprint density at radius 3 is 2.63 bits per heavy atom. The number of pyridine rings is 2. The highest BCUT2D eigenvalue weighted by molar-refractivity contribution is 6.33. The number of halogens is 1. The van der Waals surface area contributed by atoms with Gasteiger partial charge >= 0.3 is 5.97 Å². The predicted octanol–water partition coefficient (Wildman–Crippen LogP) is 5.59. The summed E-state index contributed by atoms with van der Waals surface area (Å²) in [6, 6.07) is 11.0. The molecular weight excluding hydrogens is 568 g/mol. The Balaban J connectivity index is 1.28. The van der Waals surface area contributed by atoms with Crippen molar-refractivity contribution >= 4 is 29.2 Å². The lowest BCUT2D eigenvalue weighted by atomic mass is 9.82. The molecule has 2 aliphatic rings.